The Morgan fingerprint density at radius 1 is 0.875 bits per heavy atom. The number of hydrogen-bond donors (Lipinski definition) is 0. The van der Waals surface area contributed by atoms with Gasteiger partial charge in [-0.2, -0.15) is 5.10 Å². The zero-order chi connectivity index (χ0) is 21.9. The molecule has 3 heterocycles. The first-order chi connectivity index (χ1) is 15.7. The van der Waals surface area contributed by atoms with Crippen LogP contribution in [0.5, 0.6) is 5.75 Å². The molecule has 5 nitrogen and oxygen atoms in total. The summed E-state index contributed by atoms with van der Waals surface area (Å²) in [4.78, 5) is 9.38. The van der Waals surface area contributed by atoms with Crippen LogP contribution in [0.4, 0.5) is 0 Å². The van der Waals surface area contributed by atoms with E-state index in [-0.39, 0.29) is 0 Å². The second-order valence-corrected chi connectivity index (χ2v) is 8.40. The van der Waals surface area contributed by atoms with Crippen LogP contribution in [0.15, 0.2) is 84.4 Å². The Kier molecular flexibility index (Phi) is 5.52. The monoisotopic (exact) mass is 438 g/mol. The fraction of sp³-hybridized carbons (Fsp3) is 0.115. The number of benzene rings is 2. The lowest BCUT2D eigenvalue weighted by molar-refractivity contribution is 0.307. The van der Waals surface area contributed by atoms with E-state index in [1.54, 1.807) is 17.5 Å². The third-order valence-corrected chi connectivity index (χ3v) is 6.17. The third kappa shape index (κ3) is 4.18. The molecule has 0 fully saturated rings. The lowest BCUT2D eigenvalue weighted by atomic mass is 10.1. The van der Waals surface area contributed by atoms with Gasteiger partial charge in [0.2, 0.25) is 0 Å². The molecule has 2 aromatic carbocycles. The van der Waals surface area contributed by atoms with Gasteiger partial charge in [-0.3, -0.25) is 0 Å². The normalized spacial score (nSPS) is 10.9. The van der Waals surface area contributed by atoms with Gasteiger partial charge >= 0.3 is 0 Å². The minimum Gasteiger partial charge on any atom is -0.488 e. The first-order valence-corrected chi connectivity index (χ1v) is 11.3. The summed E-state index contributed by atoms with van der Waals surface area (Å²) in [6, 6.07) is 24.3. The van der Waals surface area contributed by atoms with Crippen LogP contribution < -0.4 is 4.74 Å². The predicted octanol–water partition coefficient (Wildman–Crippen LogP) is 6.25. The topological polar surface area (TPSA) is 52.8 Å². The Hall–Kier alpha value is -3.77. The zero-order valence-electron chi connectivity index (χ0n) is 17.9. The fourth-order valence-electron chi connectivity index (χ4n) is 3.50. The number of aromatic nitrogens is 4. The van der Waals surface area contributed by atoms with Gasteiger partial charge < -0.3 is 4.74 Å². The third-order valence-electron chi connectivity index (χ3n) is 5.16. The Morgan fingerprint density at radius 2 is 1.72 bits per heavy atom. The van der Waals surface area contributed by atoms with Crippen molar-refractivity contribution < 1.29 is 4.74 Å². The van der Waals surface area contributed by atoms with Crippen LogP contribution in [0.1, 0.15) is 17.0 Å². The molecular weight excluding hydrogens is 416 g/mol. The molecule has 5 aromatic rings. The molecule has 0 saturated carbocycles. The average Bonchev–Trinajstić information content (AvgIpc) is 3.46. The standard InChI is InChI=1S/C26H22N4OS/c1-18-17-32-26(28-18)21-12-10-20(11-13-21)16-31-24-8-4-3-6-22(24)23-7-5-9-25(29-23)30-19(2)14-15-27-30/h3-15,17H,16H2,1-2H3. The minimum atomic E-state index is 0.478. The van der Waals surface area contributed by atoms with E-state index in [0.717, 1.165) is 50.3 Å². The smallest absolute Gasteiger partial charge is 0.154 e. The first kappa shape index (κ1) is 20.2. The van der Waals surface area contributed by atoms with Crippen molar-refractivity contribution in [1.29, 1.82) is 0 Å². The summed E-state index contributed by atoms with van der Waals surface area (Å²) in [7, 11) is 0. The van der Waals surface area contributed by atoms with E-state index in [1.807, 2.05) is 67.1 Å². The van der Waals surface area contributed by atoms with Crippen LogP contribution in [0, 0.1) is 13.8 Å². The Morgan fingerprint density at radius 3 is 2.47 bits per heavy atom. The molecule has 5 rings (SSSR count). The number of rotatable bonds is 6. The van der Waals surface area contributed by atoms with Crippen molar-refractivity contribution in [2.24, 2.45) is 0 Å². The van der Waals surface area contributed by atoms with Crippen LogP contribution in [0.25, 0.3) is 27.6 Å². The summed E-state index contributed by atoms with van der Waals surface area (Å²) >= 11 is 1.66. The van der Waals surface area contributed by atoms with Crippen LogP contribution in [-0.2, 0) is 6.61 Å². The van der Waals surface area contributed by atoms with Crippen molar-refractivity contribution in [3.8, 4) is 33.4 Å². The molecule has 0 saturated heterocycles. The fourth-order valence-corrected chi connectivity index (χ4v) is 4.30. The molecule has 0 aliphatic carbocycles. The summed E-state index contributed by atoms with van der Waals surface area (Å²) in [5.74, 6) is 1.58. The van der Waals surface area contributed by atoms with E-state index in [0.29, 0.717) is 6.61 Å². The first-order valence-electron chi connectivity index (χ1n) is 10.4. The molecule has 0 bridgehead atoms. The summed E-state index contributed by atoms with van der Waals surface area (Å²) in [5.41, 5.74) is 6.12. The lowest BCUT2D eigenvalue weighted by Gasteiger charge is -2.12. The van der Waals surface area contributed by atoms with Gasteiger partial charge in [0, 0.05) is 34.1 Å². The number of para-hydroxylation sites is 1. The molecule has 0 aliphatic heterocycles. The van der Waals surface area contributed by atoms with Crippen molar-refractivity contribution >= 4 is 11.3 Å². The molecule has 3 aromatic heterocycles. The highest BCUT2D eigenvalue weighted by Crippen LogP contribution is 2.30. The maximum Gasteiger partial charge on any atom is 0.154 e. The number of pyridine rings is 1. The molecule has 32 heavy (non-hydrogen) atoms. The maximum atomic E-state index is 6.21. The number of ether oxygens (including phenoxy) is 1. The molecule has 0 unspecified atom stereocenters. The Labute approximate surface area is 191 Å². The molecule has 0 spiro atoms. The number of nitrogens with zero attached hydrogens (tertiary/aromatic N) is 4. The van der Waals surface area contributed by atoms with E-state index in [9.17, 15) is 0 Å². The number of aryl methyl sites for hydroxylation is 2. The largest absolute Gasteiger partial charge is 0.488 e. The molecule has 0 radical (unpaired) electrons. The van der Waals surface area contributed by atoms with Gasteiger partial charge in [-0.15, -0.1) is 11.3 Å². The Balaban J connectivity index is 1.36. The van der Waals surface area contributed by atoms with Crippen molar-refractivity contribution in [3.63, 3.8) is 0 Å². The second-order valence-electron chi connectivity index (χ2n) is 7.54. The Bertz CT molecular complexity index is 1350. The quantitative estimate of drug-likeness (QED) is 0.314. The SMILES string of the molecule is Cc1csc(-c2ccc(COc3ccccc3-c3cccc(-n4nccc4C)n3)cc2)n1. The van der Waals surface area contributed by atoms with Crippen molar-refractivity contribution in [3.05, 3.63) is 101 Å². The van der Waals surface area contributed by atoms with Gasteiger partial charge in [0.1, 0.15) is 17.4 Å². The van der Waals surface area contributed by atoms with Gasteiger partial charge in [-0.25, -0.2) is 14.6 Å². The van der Waals surface area contributed by atoms with Crippen molar-refractivity contribution in [2.75, 3.05) is 0 Å². The van der Waals surface area contributed by atoms with Crippen LogP contribution >= 0.6 is 11.3 Å². The number of thiazole rings is 1. The van der Waals surface area contributed by atoms with Crippen LogP contribution in [0.3, 0.4) is 0 Å². The summed E-state index contributed by atoms with van der Waals surface area (Å²) in [5, 5.41) is 7.48. The van der Waals surface area contributed by atoms with Crippen LogP contribution in [-0.4, -0.2) is 19.7 Å². The molecule has 0 N–H and O–H groups in total. The zero-order valence-corrected chi connectivity index (χ0v) is 18.7. The molecule has 0 aliphatic rings. The molecule has 0 atom stereocenters. The van der Waals surface area contributed by atoms with Gasteiger partial charge in [0.25, 0.3) is 0 Å². The van der Waals surface area contributed by atoms with Gasteiger partial charge in [-0.05, 0) is 49.7 Å². The summed E-state index contributed by atoms with van der Waals surface area (Å²) < 4.78 is 8.04. The van der Waals surface area contributed by atoms with E-state index < -0.39 is 0 Å². The van der Waals surface area contributed by atoms with Gasteiger partial charge in [0.05, 0.1) is 5.69 Å². The summed E-state index contributed by atoms with van der Waals surface area (Å²) in [6.45, 7) is 4.51. The van der Waals surface area contributed by atoms with Gasteiger partial charge in [-0.1, -0.05) is 42.5 Å². The van der Waals surface area contributed by atoms with E-state index >= 15 is 0 Å². The maximum absolute atomic E-state index is 6.21. The highest BCUT2D eigenvalue weighted by atomic mass is 32.1. The molecular formula is C26H22N4OS. The minimum absolute atomic E-state index is 0.478. The second kappa shape index (κ2) is 8.77. The molecule has 6 heteroatoms. The van der Waals surface area contributed by atoms with Crippen molar-refractivity contribution in [1.82, 2.24) is 19.7 Å². The van der Waals surface area contributed by atoms with E-state index in [1.165, 1.54) is 0 Å². The van der Waals surface area contributed by atoms with E-state index in [4.69, 9.17) is 9.72 Å². The molecule has 158 valence electrons. The molecule has 0 amide bonds. The van der Waals surface area contributed by atoms with Crippen LogP contribution in [0.2, 0.25) is 0 Å². The predicted molar refractivity (Wildman–Crippen MR) is 128 cm³/mol. The van der Waals surface area contributed by atoms with Crippen molar-refractivity contribution in [2.45, 2.75) is 20.5 Å². The average molecular weight is 439 g/mol. The highest BCUT2D eigenvalue weighted by molar-refractivity contribution is 7.13. The lowest BCUT2D eigenvalue weighted by Crippen LogP contribution is -2.03. The number of hydrogen-bond acceptors (Lipinski definition) is 5. The van der Waals surface area contributed by atoms with Gasteiger partial charge in [0.15, 0.2) is 5.82 Å². The highest BCUT2D eigenvalue weighted by Gasteiger charge is 2.10. The van der Waals surface area contributed by atoms with E-state index in [2.05, 4.69) is 39.7 Å². The summed E-state index contributed by atoms with van der Waals surface area (Å²) in [6.07, 6.45) is 1.78.